The molecule has 3 aromatic rings. The smallest absolute Gasteiger partial charge is 0.173 e. The van der Waals surface area contributed by atoms with Gasteiger partial charge in [-0.1, -0.05) is 74.7 Å². The van der Waals surface area contributed by atoms with Crippen LogP contribution in [0.3, 0.4) is 0 Å². The van der Waals surface area contributed by atoms with Crippen molar-refractivity contribution in [3.63, 3.8) is 0 Å². The second-order valence-electron chi connectivity index (χ2n) is 7.97. The van der Waals surface area contributed by atoms with E-state index in [-0.39, 0.29) is 6.04 Å². The van der Waals surface area contributed by atoms with Crippen LogP contribution in [0.4, 0.5) is 0 Å². The molecule has 158 valence electrons. The van der Waals surface area contributed by atoms with Crippen LogP contribution in [0.15, 0.2) is 54.6 Å². The van der Waals surface area contributed by atoms with Crippen LogP contribution in [0.25, 0.3) is 0 Å². The Hall–Kier alpha value is -2.73. The minimum atomic E-state index is -0.0803. The Morgan fingerprint density at radius 2 is 1.77 bits per heavy atom. The number of ether oxygens (including phenoxy) is 1. The zero-order valence-electron chi connectivity index (χ0n) is 17.9. The predicted octanol–water partition coefficient (Wildman–Crippen LogP) is 4.80. The molecule has 6 nitrogen and oxygen atoms in total. The first kappa shape index (κ1) is 20.5. The molecule has 6 heteroatoms. The van der Waals surface area contributed by atoms with E-state index >= 15 is 0 Å². The fourth-order valence-corrected chi connectivity index (χ4v) is 4.56. The minimum Gasteiger partial charge on any atom is -0.496 e. The van der Waals surface area contributed by atoms with Crippen LogP contribution in [0, 0.1) is 0 Å². The second-order valence-corrected chi connectivity index (χ2v) is 7.97. The van der Waals surface area contributed by atoms with Crippen LogP contribution in [-0.2, 0) is 6.54 Å². The van der Waals surface area contributed by atoms with Gasteiger partial charge in [-0.3, -0.25) is 4.90 Å². The van der Waals surface area contributed by atoms with E-state index in [2.05, 4.69) is 74.5 Å². The van der Waals surface area contributed by atoms with Crippen molar-refractivity contribution in [3.8, 4) is 5.75 Å². The van der Waals surface area contributed by atoms with Gasteiger partial charge in [0, 0.05) is 12.1 Å². The third-order valence-corrected chi connectivity index (χ3v) is 6.12. The molecule has 4 rings (SSSR count). The first-order valence-electron chi connectivity index (χ1n) is 11.0. The van der Waals surface area contributed by atoms with E-state index in [9.17, 15) is 0 Å². The van der Waals surface area contributed by atoms with Crippen molar-refractivity contribution in [1.29, 1.82) is 0 Å². The number of benzene rings is 2. The molecule has 0 bridgehead atoms. The topological polar surface area (TPSA) is 56.1 Å². The highest BCUT2D eigenvalue weighted by molar-refractivity contribution is 5.39. The summed E-state index contributed by atoms with van der Waals surface area (Å²) in [4.78, 5) is 2.43. The number of tetrazole rings is 1. The average Bonchev–Trinajstić information content (AvgIpc) is 3.29. The van der Waals surface area contributed by atoms with Gasteiger partial charge in [0.15, 0.2) is 5.82 Å². The zero-order chi connectivity index (χ0) is 20.8. The third kappa shape index (κ3) is 4.38. The molecule has 0 aliphatic heterocycles. The predicted molar refractivity (Wildman–Crippen MR) is 117 cm³/mol. The molecule has 1 aromatic heterocycles. The molecule has 30 heavy (non-hydrogen) atoms. The zero-order valence-corrected chi connectivity index (χ0v) is 17.9. The summed E-state index contributed by atoms with van der Waals surface area (Å²) >= 11 is 0. The highest BCUT2D eigenvalue weighted by Crippen LogP contribution is 2.37. The summed E-state index contributed by atoms with van der Waals surface area (Å²) in [5, 5.41) is 13.1. The molecule has 0 N–H and O–H groups in total. The third-order valence-electron chi connectivity index (χ3n) is 6.12. The Morgan fingerprint density at radius 3 is 2.50 bits per heavy atom. The van der Waals surface area contributed by atoms with Crippen molar-refractivity contribution >= 4 is 0 Å². The lowest BCUT2D eigenvalue weighted by Gasteiger charge is -2.32. The summed E-state index contributed by atoms with van der Waals surface area (Å²) in [6.07, 6.45) is 6.07. The van der Waals surface area contributed by atoms with Crippen molar-refractivity contribution in [2.75, 3.05) is 13.7 Å². The van der Waals surface area contributed by atoms with Gasteiger partial charge >= 0.3 is 0 Å². The van der Waals surface area contributed by atoms with Gasteiger partial charge in [0.05, 0.1) is 13.2 Å². The standard InChI is InChI=1S/C24H31N5O/c1-3-28(18-19-12-6-4-7-13-19)23(21-16-10-11-17-22(21)30-2)24-25-26-27-29(24)20-14-8-5-9-15-20/h4,6-7,10-13,16-17,20,23H,3,5,8-9,14-15,18H2,1-2H3/t23-/m0/s1. The number of hydrogen-bond donors (Lipinski definition) is 0. The van der Waals surface area contributed by atoms with Gasteiger partial charge in [0.1, 0.15) is 11.8 Å². The summed E-state index contributed by atoms with van der Waals surface area (Å²) in [7, 11) is 1.73. The van der Waals surface area contributed by atoms with Crippen molar-refractivity contribution in [2.24, 2.45) is 0 Å². The Morgan fingerprint density at radius 1 is 1.03 bits per heavy atom. The number of para-hydroxylation sites is 1. The largest absolute Gasteiger partial charge is 0.496 e. The van der Waals surface area contributed by atoms with E-state index in [0.29, 0.717) is 6.04 Å². The second kappa shape index (κ2) is 9.85. The molecule has 1 heterocycles. The van der Waals surface area contributed by atoms with Crippen LogP contribution >= 0.6 is 0 Å². The lowest BCUT2D eigenvalue weighted by atomic mass is 9.95. The molecule has 0 spiro atoms. The fraction of sp³-hybridized carbons (Fsp3) is 0.458. The Labute approximate surface area is 178 Å². The molecule has 1 aliphatic rings. The van der Waals surface area contributed by atoms with Gasteiger partial charge < -0.3 is 4.74 Å². The average molecular weight is 406 g/mol. The molecule has 0 radical (unpaired) electrons. The molecule has 1 fully saturated rings. The Kier molecular flexibility index (Phi) is 6.74. The molecular weight excluding hydrogens is 374 g/mol. The van der Waals surface area contributed by atoms with Crippen LogP contribution in [0.1, 0.15) is 68.1 Å². The van der Waals surface area contributed by atoms with Crippen molar-refractivity contribution in [1.82, 2.24) is 25.1 Å². The van der Waals surface area contributed by atoms with E-state index in [1.807, 2.05) is 12.1 Å². The molecule has 0 unspecified atom stereocenters. The highest BCUT2D eigenvalue weighted by atomic mass is 16.5. The van der Waals surface area contributed by atoms with Crippen LogP contribution in [0.2, 0.25) is 0 Å². The maximum atomic E-state index is 5.75. The van der Waals surface area contributed by atoms with Gasteiger partial charge in [-0.2, -0.15) is 0 Å². The van der Waals surface area contributed by atoms with Crippen molar-refractivity contribution in [3.05, 3.63) is 71.5 Å². The molecule has 1 atom stereocenters. The van der Waals surface area contributed by atoms with E-state index in [1.54, 1.807) is 7.11 Å². The fourth-order valence-electron chi connectivity index (χ4n) is 4.56. The number of rotatable bonds is 8. The van der Waals surface area contributed by atoms with Crippen LogP contribution in [-0.4, -0.2) is 38.8 Å². The first-order valence-corrected chi connectivity index (χ1v) is 11.0. The molecule has 1 aliphatic carbocycles. The quantitative estimate of drug-likeness (QED) is 0.539. The van der Waals surface area contributed by atoms with Crippen molar-refractivity contribution in [2.45, 2.75) is 57.7 Å². The summed E-state index contributed by atoms with van der Waals surface area (Å²) in [6.45, 7) is 3.88. The minimum absolute atomic E-state index is 0.0803. The molecule has 0 saturated heterocycles. The molecule has 2 aromatic carbocycles. The lowest BCUT2D eigenvalue weighted by Crippen LogP contribution is -2.32. The van der Waals surface area contributed by atoms with Crippen LogP contribution < -0.4 is 4.74 Å². The number of aromatic nitrogens is 4. The number of hydrogen-bond acceptors (Lipinski definition) is 5. The monoisotopic (exact) mass is 405 g/mol. The van der Waals surface area contributed by atoms with Crippen molar-refractivity contribution < 1.29 is 4.74 Å². The van der Waals surface area contributed by atoms with Gasteiger partial charge in [0.25, 0.3) is 0 Å². The van der Waals surface area contributed by atoms with Gasteiger partial charge in [-0.15, -0.1) is 5.10 Å². The number of methoxy groups -OCH3 is 1. The first-order chi connectivity index (χ1) is 14.8. The molecule has 0 amide bonds. The summed E-state index contributed by atoms with van der Waals surface area (Å²) in [6, 6.07) is 19.1. The summed E-state index contributed by atoms with van der Waals surface area (Å²) in [5.41, 5.74) is 2.38. The van der Waals surface area contributed by atoms with E-state index < -0.39 is 0 Å². The molecule has 1 saturated carbocycles. The Bertz CT molecular complexity index is 920. The SMILES string of the molecule is CCN(Cc1ccccc1)[C@@H](c1ccccc1OC)c1nnnn1C1CCCCC1. The van der Waals surface area contributed by atoms with E-state index in [4.69, 9.17) is 4.74 Å². The summed E-state index contributed by atoms with van der Waals surface area (Å²) in [5.74, 6) is 1.77. The molecular formula is C24H31N5O. The van der Waals surface area contributed by atoms with E-state index in [0.717, 1.165) is 43.1 Å². The summed E-state index contributed by atoms with van der Waals surface area (Å²) < 4.78 is 7.84. The highest BCUT2D eigenvalue weighted by Gasteiger charge is 2.32. The van der Waals surface area contributed by atoms with E-state index in [1.165, 1.54) is 24.8 Å². The normalized spacial score (nSPS) is 16.0. The van der Waals surface area contributed by atoms with Crippen LogP contribution in [0.5, 0.6) is 5.75 Å². The Balaban J connectivity index is 1.77. The lowest BCUT2D eigenvalue weighted by molar-refractivity contribution is 0.202. The number of nitrogens with zero attached hydrogens (tertiary/aromatic N) is 5. The van der Waals surface area contributed by atoms with Gasteiger partial charge in [0.2, 0.25) is 0 Å². The maximum absolute atomic E-state index is 5.75. The van der Waals surface area contributed by atoms with Gasteiger partial charge in [-0.05, 0) is 41.4 Å². The van der Waals surface area contributed by atoms with Gasteiger partial charge in [-0.25, -0.2) is 4.68 Å². The maximum Gasteiger partial charge on any atom is 0.173 e.